The first-order valence-electron chi connectivity index (χ1n) is 7.36. The highest BCUT2D eigenvalue weighted by Crippen LogP contribution is 2.17. The molecule has 0 aliphatic heterocycles. The third-order valence-electron chi connectivity index (χ3n) is 2.99. The molecule has 0 saturated heterocycles. The predicted octanol–water partition coefficient (Wildman–Crippen LogP) is 0.826. The Morgan fingerprint density at radius 2 is 1.52 bits per heavy atom. The maximum Gasteiger partial charge on any atom is 0.294 e. The second-order valence-electron chi connectivity index (χ2n) is 4.90. The summed E-state index contributed by atoms with van der Waals surface area (Å²) in [6.07, 6.45) is 0.385. The van der Waals surface area contributed by atoms with Crippen LogP contribution in [0.25, 0.3) is 0 Å². The Kier molecular flexibility index (Phi) is 9.30. The number of benzene rings is 1. The van der Waals surface area contributed by atoms with E-state index < -0.39 is 10.1 Å². The Bertz CT molecular complexity index is 557. The first-order valence-corrected chi connectivity index (χ1v) is 8.80. The van der Waals surface area contributed by atoms with Crippen molar-refractivity contribution in [1.82, 2.24) is 0 Å². The van der Waals surface area contributed by atoms with Gasteiger partial charge in [0.1, 0.15) is 0 Å². The largest absolute Gasteiger partial charge is 0.394 e. The van der Waals surface area contributed by atoms with Crippen molar-refractivity contribution < 1.29 is 32.3 Å². The molecule has 0 bridgehead atoms. The van der Waals surface area contributed by atoms with Crippen molar-refractivity contribution in [2.24, 2.45) is 0 Å². The van der Waals surface area contributed by atoms with E-state index in [1.807, 2.05) is 6.92 Å². The number of aliphatic hydroxyl groups excluding tert-OH is 1. The van der Waals surface area contributed by atoms with Crippen LogP contribution in [0.4, 0.5) is 0 Å². The van der Waals surface area contributed by atoms with E-state index in [-0.39, 0.29) is 11.5 Å². The molecule has 1 aromatic rings. The van der Waals surface area contributed by atoms with Crippen LogP contribution in [0.15, 0.2) is 23.1 Å². The average molecular weight is 348 g/mol. The van der Waals surface area contributed by atoms with E-state index in [1.165, 1.54) is 6.07 Å². The normalized spacial score (nSPS) is 11.8. The lowest BCUT2D eigenvalue weighted by molar-refractivity contribution is 0.00812. The van der Waals surface area contributed by atoms with Crippen molar-refractivity contribution in [3.8, 4) is 0 Å². The second kappa shape index (κ2) is 10.7. The minimum Gasteiger partial charge on any atom is -0.394 e. The molecular formula is C15H24O7S. The highest BCUT2D eigenvalue weighted by Gasteiger charge is 2.14. The van der Waals surface area contributed by atoms with E-state index in [0.717, 1.165) is 5.56 Å². The average Bonchev–Trinajstić information content (AvgIpc) is 2.48. The van der Waals surface area contributed by atoms with Gasteiger partial charge in [-0.2, -0.15) is 8.42 Å². The maximum atomic E-state index is 11.3. The number of hydrogen-bond donors (Lipinski definition) is 2. The van der Waals surface area contributed by atoms with Gasteiger partial charge in [-0.25, -0.2) is 0 Å². The lowest BCUT2D eigenvalue weighted by Gasteiger charge is -2.09. The summed E-state index contributed by atoms with van der Waals surface area (Å²) in [5.41, 5.74) is 1.45. The van der Waals surface area contributed by atoms with Crippen LogP contribution < -0.4 is 0 Å². The molecule has 0 saturated carbocycles. The zero-order chi connectivity index (χ0) is 17.1. The van der Waals surface area contributed by atoms with E-state index in [0.29, 0.717) is 51.6 Å². The Balaban J connectivity index is 2.25. The summed E-state index contributed by atoms with van der Waals surface area (Å²) >= 11 is 0. The lowest BCUT2D eigenvalue weighted by atomic mass is 10.1. The molecule has 0 heterocycles. The van der Waals surface area contributed by atoms with Crippen molar-refractivity contribution in [3.05, 3.63) is 29.3 Å². The van der Waals surface area contributed by atoms with E-state index in [2.05, 4.69) is 0 Å². The Labute approximate surface area is 136 Å². The van der Waals surface area contributed by atoms with Crippen LogP contribution >= 0.6 is 0 Å². The zero-order valence-corrected chi connectivity index (χ0v) is 14.0. The van der Waals surface area contributed by atoms with Gasteiger partial charge in [0.05, 0.1) is 51.1 Å². The minimum atomic E-state index is -4.22. The maximum absolute atomic E-state index is 11.3. The minimum absolute atomic E-state index is 0.00633. The zero-order valence-electron chi connectivity index (χ0n) is 13.2. The first-order chi connectivity index (χ1) is 10.9. The van der Waals surface area contributed by atoms with Crippen LogP contribution in [0.1, 0.15) is 11.1 Å². The standard InChI is InChI=1S/C15H24O7S/c1-13-2-3-15(23(17,18)19)14(12-13)4-6-20-8-10-22-11-9-21-7-5-16/h2-3,12,16H,4-11H2,1H3,(H,17,18,19). The summed E-state index contributed by atoms with van der Waals surface area (Å²) < 4.78 is 47.5. The molecule has 0 aliphatic carbocycles. The Morgan fingerprint density at radius 1 is 0.957 bits per heavy atom. The SMILES string of the molecule is Cc1ccc(S(=O)(=O)O)c(CCOCCOCCOCCO)c1. The van der Waals surface area contributed by atoms with Gasteiger partial charge in [-0.05, 0) is 25.0 Å². The number of rotatable bonds is 12. The monoisotopic (exact) mass is 348 g/mol. The molecule has 0 aromatic heterocycles. The summed E-state index contributed by atoms with van der Waals surface area (Å²) in [5, 5.41) is 8.51. The summed E-state index contributed by atoms with van der Waals surface area (Å²) in [5.74, 6) is 0. The lowest BCUT2D eigenvalue weighted by Crippen LogP contribution is -2.12. The van der Waals surface area contributed by atoms with Gasteiger partial charge in [0.15, 0.2) is 0 Å². The third kappa shape index (κ3) is 8.40. The van der Waals surface area contributed by atoms with Gasteiger partial charge >= 0.3 is 0 Å². The topological polar surface area (TPSA) is 102 Å². The predicted molar refractivity (Wildman–Crippen MR) is 84.2 cm³/mol. The van der Waals surface area contributed by atoms with Crippen LogP contribution in [0.2, 0.25) is 0 Å². The molecule has 132 valence electrons. The number of ether oxygens (including phenoxy) is 3. The molecule has 0 atom stereocenters. The molecule has 8 heteroatoms. The van der Waals surface area contributed by atoms with E-state index in [9.17, 15) is 13.0 Å². The molecule has 7 nitrogen and oxygen atoms in total. The quantitative estimate of drug-likeness (QED) is 0.426. The van der Waals surface area contributed by atoms with Crippen molar-refractivity contribution in [1.29, 1.82) is 0 Å². The molecular weight excluding hydrogens is 324 g/mol. The summed E-state index contributed by atoms with van der Waals surface area (Å²) in [4.78, 5) is -0.0796. The van der Waals surface area contributed by atoms with Gasteiger partial charge in [0, 0.05) is 0 Å². The van der Waals surface area contributed by atoms with E-state index in [4.69, 9.17) is 19.3 Å². The summed E-state index contributed by atoms with van der Waals surface area (Å²) in [7, 11) is -4.22. The van der Waals surface area contributed by atoms with Gasteiger partial charge in [0.25, 0.3) is 10.1 Å². The van der Waals surface area contributed by atoms with Gasteiger partial charge in [-0.15, -0.1) is 0 Å². The molecule has 1 rings (SSSR count). The Hall–Kier alpha value is -1.03. The first kappa shape index (κ1) is 20.0. The third-order valence-corrected chi connectivity index (χ3v) is 3.94. The van der Waals surface area contributed by atoms with Gasteiger partial charge in [0.2, 0.25) is 0 Å². The molecule has 1 aromatic carbocycles. The van der Waals surface area contributed by atoms with E-state index in [1.54, 1.807) is 12.1 Å². The van der Waals surface area contributed by atoms with Crippen molar-refractivity contribution in [3.63, 3.8) is 0 Å². The fourth-order valence-corrected chi connectivity index (χ4v) is 2.68. The van der Waals surface area contributed by atoms with Crippen molar-refractivity contribution >= 4 is 10.1 Å². The number of aryl methyl sites for hydroxylation is 1. The van der Waals surface area contributed by atoms with Gasteiger partial charge < -0.3 is 19.3 Å². The van der Waals surface area contributed by atoms with Crippen molar-refractivity contribution in [2.45, 2.75) is 18.2 Å². The summed E-state index contributed by atoms with van der Waals surface area (Å²) in [6, 6.07) is 4.76. The highest BCUT2D eigenvalue weighted by atomic mass is 32.2. The Morgan fingerprint density at radius 3 is 2.09 bits per heavy atom. The molecule has 0 aliphatic rings. The van der Waals surface area contributed by atoms with Gasteiger partial charge in [-0.1, -0.05) is 17.7 Å². The molecule has 0 unspecified atom stereocenters. The van der Waals surface area contributed by atoms with Crippen LogP contribution in [0.5, 0.6) is 0 Å². The molecule has 0 fully saturated rings. The molecule has 0 amide bonds. The molecule has 2 N–H and O–H groups in total. The second-order valence-corrected chi connectivity index (χ2v) is 6.29. The smallest absolute Gasteiger partial charge is 0.294 e. The van der Waals surface area contributed by atoms with Gasteiger partial charge in [-0.3, -0.25) is 4.55 Å². The fourth-order valence-electron chi connectivity index (χ4n) is 1.94. The summed E-state index contributed by atoms with van der Waals surface area (Å²) in [6.45, 7) is 4.10. The highest BCUT2D eigenvalue weighted by molar-refractivity contribution is 7.85. The van der Waals surface area contributed by atoms with Crippen LogP contribution in [-0.4, -0.2) is 64.3 Å². The molecule has 0 radical (unpaired) electrons. The van der Waals surface area contributed by atoms with Crippen LogP contribution in [-0.2, 0) is 30.7 Å². The van der Waals surface area contributed by atoms with Crippen molar-refractivity contribution in [2.75, 3.05) is 46.2 Å². The van der Waals surface area contributed by atoms with E-state index >= 15 is 0 Å². The van der Waals surface area contributed by atoms with Crippen LogP contribution in [0.3, 0.4) is 0 Å². The number of aliphatic hydroxyl groups is 1. The number of hydrogen-bond acceptors (Lipinski definition) is 6. The van der Waals surface area contributed by atoms with Crippen LogP contribution in [0, 0.1) is 6.92 Å². The fraction of sp³-hybridized carbons (Fsp3) is 0.600. The molecule has 0 spiro atoms. The molecule has 23 heavy (non-hydrogen) atoms.